The molecule has 2 heterocycles. The molecule has 0 aliphatic carbocycles. The molecule has 0 spiro atoms. The van der Waals surface area contributed by atoms with Gasteiger partial charge >= 0.3 is 0 Å². The maximum absolute atomic E-state index is 13.0. The standard InChI is InChI=1S/C25H30BrN3O2/c1-19-3-2-4-20(17-19)18-27-13-15-29(16-14-27)25(31)22-9-11-28(12-10-22)24(30)21-5-7-23(26)8-6-21/h2-8,17,22H,9-16,18H2,1H3. The lowest BCUT2D eigenvalue weighted by atomic mass is 9.94. The van der Waals surface area contributed by atoms with Gasteiger partial charge in [-0.2, -0.15) is 0 Å². The van der Waals surface area contributed by atoms with Gasteiger partial charge in [0, 0.05) is 61.8 Å². The Morgan fingerprint density at radius 2 is 1.58 bits per heavy atom. The lowest BCUT2D eigenvalue weighted by molar-refractivity contribution is -0.138. The predicted molar refractivity (Wildman–Crippen MR) is 126 cm³/mol. The summed E-state index contributed by atoms with van der Waals surface area (Å²) in [5.41, 5.74) is 3.33. The van der Waals surface area contributed by atoms with Gasteiger partial charge in [-0.25, -0.2) is 0 Å². The van der Waals surface area contributed by atoms with Crippen molar-refractivity contribution >= 4 is 27.7 Å². The number of likely N-dealkylation sites (tertiary alicyclic amines) is 1. The highest BCUT2D eigenvalue weighted by Crippen LogP contribution is 2.23. The van der Waals surface area contributed by atoms with E-state index in [1.165, 1.54) is 11.1 Å². The largest absolute Gasteiger partial charge is 0.340 e. The monoisotopic (exact) mass is 483 g/mol. The first-order valence-electron chi connectivity index (χ1n) is 11.1. The Kier molecular flexibility index (Phi) is 7.08. The highest BCUT2D eigenvalue weighted by molar-refractivity contribution is 9.10. The molecule has 2 saturated heterocycles. The summed E-state index contributed by atoms with van der Waals surface area (Å²) in [5.74, 6) is 0.367. The van der Waals surface area contributed by atoms with Crippen molar-refractivity contribution in [3.05, 3.63) is 69.7 Å². The maximum atomic E-state index is 13.0. The summed E-state index contributed by atoms with van der Waals surface area (Å²) in [6.07, 6.45) is 1.51. The summed E-state index contributed by atoms with van der Waals surface area (Å²) in [7, 11) is 0. The summed E-state index contributed by atoms with van der Waals surface area (Å²) >= 11 is 3.40. The van der Waals surface area contributed by atoms with Gasteiger partial charge in [0.15, 0.2) is 0 Å². The van der Waals surface area contributed by atoms with Crippen LogP contribution in [0.25, 0.3) is 0 Å². The summed E-state index contributed by atoms with van der Waals surface area (Å²) < 4.78 is 0.965. The number of piperazine rings is 1. The topological polar surface area (TPSA) is 43.9 Å². The number of amides is 2. The first-order valence-corrected chi connectivity index (χ1v) is 11.9. The fraction of sp³-hybridized carbons (Fsp3) is 0.440. The fourth-order valence-electron chi connectivity index (χ4n) is 4.56. The Balaban J connectivity index is 1.24. The number of aryl methyl sites for hydroxylation is 1. The molecular formula is C25H30BrN3O2. The zero-order chi connectivity index (χ0) is 21.8. The molecule has 2 amide bonds. The van der Waals surface area contributed by atoms with Gasteiger partial charge in [0.2, 0.25) is 5.91 Å². The van der Waals surface area contributed by atoms with Crippen molar-refractivity contribution < 1.29 is 9.59 Å². The maximum Gasteiger partial charge on any atom is 0.253 e. The molecule has 0 unspecified atom stereocenters. The van der Waals surface area contributed by atoms with Gasteiger partial charge in [0.25, 0.3) is 5.91 Å². The second-order valence-electron chi connectivity index (χ2n) is 8.66. The Bertz CT molecular complexity index is 915. The SMILES string of the molecule is Cc1cccc(CN2CCN(C(=O)C3CCN(C(=O)c4ccc(Br)cc4)CC3)CC2)c1. The summed E-state index contributed by atoms with van der Waals surface area (Å²) in [4.78, 5) is 32.1. The average Bonchev–Trinajstić information content (AvgIpc) is 2.79. The molecule has 2 fully saturated rings. The van der Waals surface area contributed by atoms with Gasteiger partial charge in [-0.15, -0.1) is 0 Å². The minimum Gasteiger partial charge on any atom is -0.340 e. The molecule has 0 saturated carbocycles. The molecule has 0 bridgehead atoms. The van der Waals surface area contributed by atoms with Crippen LogP contribution in [0.3, 0.4) is 0 Å². The molecule has 2 aromatic rings. The highest BCUT2D eigenvalue weighted by Gasteiger charge is 2.32. The third-order valence-corrected chi connectivity index (χ3v) is 6.92. The Labute approximate surface area is 193 Å². The summed E-state index contributed by atoms with van der Waals surface area (Å²) in [5, 5.41) is 0. The molecule has 6 heteroatoms. The number of piperidine rings is 1. The number of rotatable bonds is 4. The van der Waals surface area contributed by atoms with Gasteiger partial charge in [-0.3, -0.25) is 14.5 Å². The third kappa shape index (κ3) is 5.55. The molecule has 0 aromatic heterocycles. The van der Waals surface area contributed by atoms with Crippen LogP contribution in [0.15, 0.2) is 53.0 Å². The van der Waals surface area contributed by atoms with Crippen molar-refractivity contribution in [2.24, 2.45) is 5.92 Å². The third-order valence-electron chi connectivity index (χ3n) is 6.40. The van der Waals surface area contributed by atoms with E-state index in [2.05, 4.69) is 52.0 Å². The van der Waals surface area contributed by atoms with E-state index in [1.54, 1.807) is 0 Å². The van der Waals surface area contributed by atoms with Crippen molar-refractivity contribution in [3.63, 3.8) is 0 Å². The number of carbonyl (C=O) groups is 2. The van der Waals surface area contributed by atoms with Crippen LogP contribution in [0, 0.1) is 12.8 Å². The quantitative estimate of drug-likeness (QED) is 0.660. The number of nitrogens with zero attached hydrogens (tertiary/aromatic N) is 3. The molecule has 2 aliphatic rings. The van der Waals surface area contributed by atoms with Gasteiger partial charge in [0.1, 0.15) is 0 Å². The zero-order valence-electron chi connectivity index (χ0n) is 18.1. The minimum absolute atomic E-state index is 0.0392. The van der Waals surface area contributed by atoms with Crippen LogP contribution >= 0.6 is 15.9 Å². The van der Waals surface area contributed by atoms with Gasteiger partial charge in [0.05, 0.1) is 0 Å². The van der Waals surface area contributed by atoms with Crippen LogP contribution in [-0.2, 0) is 11.3 Å². The van der Waals surface area contributed by atoms with Gasteiger partial charge in [-0.1, -0.05) is 45.8 Å². The van der Waals surface area contributed by atoms with Crippen LogP contribution in [-0.4, -0.2) is 65.8 Å². The van der Waals surface area contributed by atoms with Crippen molar-refractivity contribution in [1.82, 2.24) is 14.7 Å². The molecule has 164 valence electrons. The smallest absolute Gasteiger partial charge is 0.253 e. The Morgan fingerprint density at radius 1 is 0.903 bits per heavy atom. The Morgan fingerprint density at radius 3 is 2.23 bits per heavy atom. The van der Waals surface area contributed by atoms with Crippen LogP contribution in [0.2, 0.25) is 0 Å². The second kappa shape index (κ2) is 9.96. The number of hydrogen-bond acceptors (Lipinski definition) is 3. The number of benzene rings is 2. The number of halogens is 1. The van der Waals surface area contributed by atoms with E-state index in [0.717, 1.165) is 50.0 Å². The number of carbonyl (C=O) groups excluding carboxylic acids is 2. The van der Waals surface area contributed by atoms with Crippen LogP contribution < -0.4 is 0 Å². The van der Waals surface area contributed by atoms with E-state index >= 15 is 0 Å². The minimum atomic E-state index is 0.0392. The van der Waals surface area contributed by atoms with Crippen LogP contribution in [0.4, 0.5) is 0 Å². The molecule has 0 N–H and O–H groups in total. The van der Waals surface area contributed by atoms with Crippen LogP contribution in [0.5, 0.6) is 0 Å². The lowest BCUT2D eigenvalue weighted by Gasteiger charge is -2.38. The van der Waals surface area contributed by atoms with E-state index in [9.17, 15) is 9.59 Å². The van der Waals surface area contributed by atoms with E-state index in [1.807, 2.05) is 34.1 Å². The molecule has 5 nitrogen and oxygen atoms in total. The summed E-state index contributed by atoms with van der Waals surface area (Å²) in [6.45, 7) is 7.79. The fourth-order valence-corrected chi connectivity index (χ4v) is 4.82. The second-order valence-corrected chi connectivity index (χ2v) is 9.58. The van der Waals surface area contributed by atoms with Crippen molar-refractivity contribution in [3.8, 4) is 0 Å². The highest BCUT2D eigenvalue weighted by atomic mass is 79.9. The van der Waals surface area contributed by atoms with E-state index in [0.29, 0.717) is 18.7 Å². The summed E-state index contributed by atoms with van der Waals surface area (Å²) in [6, 6.07) is 16.1. The molecule has 2 aromatic carbocycles. The number of hydrogen-bond donors (Lipinski definition) is 0. The molecule has 2 aliphatic heterocycles. The van der Waals surface area contributed by atoms with E-state index in [-0.39, 0.29) is 17.7 Å². The predicted octanol–water partition coefficient (Wildman–Crippen LogP) is 3.95. The zero-order valence-corrected chi connectivity index (χ0v) is 19.7. The normalized spacial score (nSPS) is 18.3. The first-order chi connectivity index (χ1) is 15.0. The Hall–Kier alpha value is -2.18. The molecule has 4 rings (SSSR count). The van der Waals surface area contributed by atoms with Gasteiger partial charge in [-0.05, 0) is 49.6 Å². The molecule has 0 radical (unpaired) electrons. The van der Waals surface area contributed by atoms with Gasteiger partial charge < -0.3 is 9.80 Å². The lowest BCUT2D eigenvalue weighted by Crippen LogP contribution is -2.51. The molecule has 0 atom stereocenters. The molecule has 31 heavy (non-hydrogen) atoms. The van der Waals surface area contributed by atoms with Crippen molar-refractivity contribution in [2.45, 2.75) is 26.3 Å². The van der Waals surface area contributed by atoms with Crippen molar-refractivity contribution in [1.29, 1.82) is 0 Å². The van der Waals surface area contributed by atoms with Crippen molar-refractivity contribution in [2.75, 3.05) is 39.3 Å². The molecular weight excluding hydrogens is 454 g/mol. The van der Waals surface area contributed by atoms with E-state index < -0.39 is 0 Å². The van der Waals surface area contributed by atoms with Crippen LogP contribution in [0.1, 0.15) is 34.3 Å². The first kappa shape index (κ1) is 22.0. The van der Waals surface area contributed by atoms with E-state index in [4.69, 9.17) is 0 Å². The average molecular weight is 484 g/mol.